The van der Waals surface area contributed by atoms with Crippen molar-refractivity contribution in [3.63, 3.8) is 0 Å². The lowest BCUT2D eigenvalue weighted by Crippen LogP contribution is -2.08. The van der Waals surface area contributed by atoms with Gasteiger partial charge in [-0.05, 0) is 24.6 Å². The molecule has 0 spiro atoms. The Morgan fingerprint density at radius 2 is 2.00 bits per heavy atom. The van der Waals surface area contributed by atoms with Crippen molar-refractivity contribution in [3.8, 4) is 11.4 Å². The Kier molecular flexibility index (Phi) is 4.33. The molecule has 0 saturated carbocycles. The second kappa shape index (κ2) is 6.57. The zero-order valence-corrected chi connectivity index (χ0v) is 12.6. The van der Waals surface area contributed by atoms with E-state index >= 15 is 0 Å². The van der Waals surface area contributed by atoms with Crippen LogP contribution >= 0.6 is 0 Å². The van der Waals surface area contributed by atoms with Crippen molar-refractivity contribution >= 4 is 5.97 Å². The van der Waals surface area contributed by atoms with Gasteiger partial charge in [0, 0.05) is 11.6 Å². The van der Waals surface area contributed by atoms with E-state index in [2.05, 4.69) is 10.1 Å². The predicted octanol–water partition coefficient (Wildman–Crippen LogP) is 3.68. The molecule has 122 valence electrons. The molecule has 1 heterocycles. The minimum atomic E-state index is -0.994. The molecule has 0 atom stereocenters. The Morgan fingerprint density at radius 3 is 2.75 bits per heavy atom. The van der Waals surface area contributed by atoms with E-state index < -0.39 is 17.6 Å². The van der Waals surface area contributed by atoms with E-state index in [1.165, 1.54) is 0 Å². The van der Waals surface area contributed by atoms with Gasteiger partial charge in [-0.3, -0.25) is 0 Å². The average molecular weight is 330 g/mol. The maximum atomic E-state index is 13.5. The molecule has 7 heteroatoms. The summed E-state index contributed by atoms with van der Waals surface area (Å²) in [6.45, 7) is 1.59. The maximum absolute atomic E-state index is 13.5. The molecule has 0 aliphatic heterocycles. The van der Waals surface area contributed by atoms with Crippen molar-refractivity contribution in [2.24, 2.45) is 0 Å². The fourth-order valence-corrected chi connectivity index (χ4v) is 2.11. The van der Waals surface area contributed by atoms with Crippen LogP contribution in [0, 0.1) is 18.6 Å². The molecule has 3 aromatic rings. The minimum absolute atomic E-state index is 0.0733. The number of carbonyl (C=O) groups excluding carboxylic acids is 1. The van der Waals surface area contributed by atoms with Gasteiger partial charge in [0.1, 0.15) is 11.6 Å². The van der Waals surface area contributed by atoms with Gasteiger partial charge in [-0.2, -0.15) is 4.98 Å². The Morgan fingerprint density at radius 1 is 1.21 bits per heavy atom. The van der Waals surface area contributed by atoms with Gasteiger partial charge in [0.15, 0.2) is 6.61 Å². The Labute approximate surface area is 135 Å². The highest BCUT2D eigenvalue weighted by molar-refractivity contribution is 5.89. The van der Waals surface area contributed by atoms with E-state index in [1.54, 1.807) is 0 Å². The van der Waals surface area contributed by atoms with E-state index in [4.69, 9.17) is 9.26 Å². The van der Waals surface area contributed by atoms with Gasteiger partial charge >= 0.3 is 5.97 Å². The molecule has 0 saturated heterocycles. The van der Waals surface area contributed by atoms with Gasteiger partial charge in [-0.25, -0.2) is 13.6 Å². The van der Waals surface area contributed by atoms with Gasteiger partial charge < -0.3 is 9.26 Å². The molecule has 2 aromatic carbocycles. The molecule has 3 rings (SSSR count). The largest absolute Gasteiger partial charge is 0.452 e. The molecule has 0 aliphatic carbocycles. The lowest BCUT2D eigenvalue weighted by molar-refractivity contribution is 0.0424. The summed E-state index contributed by atoms with van der Waals surface area (Å²) in [5, 5.41) is 3.83. The molecular weight excluding hydrogens is 318 g/mol. The molecule has 0 aliphatic rings. The first-order valence-electron chi connectivity index (χ1n) is 7.05. The van der Waals surface area contributed by atoms with Crippen LogP contribution in [0.5, 0.6) is 0 Å². The third kappa shape index (κ3) is 3.29. The van der Waals surface area contributed by atoms with Gasteiger partial charge in [-0.15, -0.1) is 0 Å². The zero-order chi connectivity index (χ0) is 17.1. The maximum Gasteiger partial charge on any atom is 0.341 e. The molecule has 5 nitrogen and oxygen atoms in total. The second-order valence-electron chi connectivity index (χ2n) is 5.03. The first kappa shape index (κ1) is 15.8. The summed E-state index contributed by atoms with van der Waals surface area (Å²) in [7, 11) is 0. The SMILES string of the molecule is Cc1ccccc1-c1noc(COC(=O)c2ccc(F)cc2F)n1. The highest BCUT2D eigenvalue weighted by Crippen LogP contribution is 2.20. The molecule has 0 unspecified atom stereocenters. The van der Waals surface area contributed by atoms with Gasteiger partial charge in [0.05, 0.1) is 5.56 Å². The van der Waals surface area contributed by atoms with Gasteiger partial charge in [0.25, 0.3) is 5.89 Å². The van der Waals surface area contributed by atoms with E-state index in [0.717, 1.165) is 23.3 Å². The summed E-state index contributed by atoms with van der Waals surface area (Å²) in [6, 6.07) is 10.1. The topological polar surface area (TPSA) is 65.2 Å². The minimum Gasteiger partial charge on any atom is -0.452 e. The normalized spacial score (nSPS) is 10.6. The van der Waals surface area contributed by atoms with E-state index in [9.17, 15) is 13.6 Å². The first-order chi connectivity index (χ1) is 11.5. The number of hydrogen-bond acceptors (Lipinski definition) is 5. The summed E-state index contributed by atoms with van der Waals surface area (Å²) >= 11 is 0. The third-order valence-electron chi connectivity index (χ3n) is 3.33. The lowest BCUT2D eigenvalue weighted by atomic mass is 10.1. The van der Waals surface area contributed by atoms with Crippen LogP contribution in [-0.4, -0.2) is 16.1 Å². The van der Waals surface area contributed by atoms with Crippen molar-refractivity contribution in [2.45, 2.75) is 13.5 Å². The number of aromatic nitrogens is 2. The summed E-state index contributed by atoms with van der Waals surface area (Å²) in [4.78, 5) is 15.9. The molecule has 0 radical (unpaired) electrons. The van der Waals surface area contributed by atoms with Crippen molar-refractivity contribution in [2.75, 3.05) is 0 Å². The number of nitrogens with zero attached hydrogens (tertiary/aromatic N) is 2. The quantitative estimate of drug-likeness (QED) is 0.683. The lowest BCUT2D eigenvalue weighted by Gasteiger charge is -2.03. The fourth-order valence-electron chi connectivity index (χ4n) is 2.11. The molecule has 0 N–H and O–H groups in total. The number of carbonyl (C=O) groups is 1. The third-order valence-corrected chi connectivity index (χ3v) is 3.33. The number of rotatable bonds is 4. The monoisotopic (exact) mass is 330 g/mol. The Bertz CT molecular complexity index is 893. The van der Waals surface area contributed by atoms with Crippen molar-refractivity contribution in [1.29, 1.82) is 0 Å². The van der Waals surface area contributed by atoms with Crippen LogP contribution in [0.3, 0.4) is 0 Å². The van der Waals surface area contributed by atoms with Crippen LogP contribution < -0.4 is 0 Å². The Balaban J connectivity index is 1.69. The van der Waals surface area contributed by atoms with Crippen LogP contribution in [0.15, 0.2) is 47.0 Å². The number of benzene rings is 2. The molecule has 1 aromatic heterocycles. The number of halogens is 2. The summed E-state index contributed by atoms with van der Waals surface area (Å²) < 4.78 is 36.3. The summed E-state index contributed by atoms with van der Waals surface area (Å²) in [6.07, 6.45) is 0. The fraction of sp³-hybridized carbons (Fsp3) is 0.118. The predicted molar refractivity (Wildman–Crippen MR) is 79.9 cm³/mol. The van der Waals surface area contributed by atoms with Gasteiger partial charge in [-0.1, -0.05) is 29.4 Å². The van der Waals surface area contributed by atoms with Crippen molar-refractivity contribution < 1.29 is 22.8 Å². The molecule has 0 bridgehead atoms. The van der Waals surface area contributed by atoms with E-state index in [0.29, 0.717) is 11.9 Å². The zero-order valence-electron chi connectivity index (χ0n) is 12.6. The standard InChI is InChI=1S/C17H12F2N2O3/c1-10-4-2-3-5-12(10)16-20-15(24-21-16)9-23-17(22)13-7-6-11(18)8-14(13)19/h2-8H,9H2,1H3. The smallest absolute Gasteiger partial charge is 0.341 e. The van der Waals surface area contributed by atoms with Crippen LogP contribution in [0.25, 0.3) is 11.4 Å². The van der Waals surface area contributed by atoms with Crippen LogP contribution in [0.4, 0.5) is 8.78 Å². The highest BCUT2D eigenvalue weighted by Gasteiger charge is 2.16. The van der Waals surface area contributed by atoms with E-state index in [1.807, 2.05) is 31.2 Å². The summed E-state index contributed by atoms with van der Waals surface area (Å²) in [5.74, 6) is -2.27. The van der Waals surface area contributed by atoms with Crippen LogP contribution in [0.1, 0.15) is 21.8 Å². The van der Waals surface area contributed by atoms with Crippen molar-refractivity contribution in [3.05, 3.63) is 71.1 Å². The first-order valence-corrected chi connectivity index (χ1v) is 7.05. The highest BCUT2D eigenvalue weighted by atomic mass is 19.1. The molecule has 0 fully saturated rings. The Hall–Kier alpha value is -3.09. The number of aryl methyl sites for hydroxylation is 1. The number of esters is 1. The molecular formula is C17H12F2N2O3. The second-order valence-corrected chi connectivity index (χ2v) is 5.03. The van der Waals surface area contributed by atoms with Crippen LogP contribution in [-0.2, 0) is 11.3 Å². The van der Waals surface area contributed by atoms with Crippen LogP contribution in [0.2, 0.25) is 0 Å². The number of hydrogen-bond donors (Lipinski definition) is 0. The molecule has 0 amide bonds. The molecule has 24 heavy (non-hydrogen) atoms. The summed E-state index contributed by atoms with van der Waals surface area (Å²) in [5.41, 5.74) is 1.40. The van der Waals surface area contributed by atoms with Crippen molar-refractivity contribution in [1.82, 2.24) is 10.1 Å². The van der Waals surface area contributed by atoms with E-state index in [-0.39, 0.29) is 18.1 Å². The average Bonchev–Trinajstić information content (AvgIpc) is 3.02. The number of ether oxygens (including phenoxy) is 1. The van der Waals surface area contributed by atoms with Gasteiger partial charge in [0.2, 0.25) is 5.82 Å².